The third kappa shape index (κ3) is 3.61. The van der Waals surface area contributed by atoms with E-state index in [9.17, 15) is 9.59 Å². The largest absolute Gasteiger partial charge is 0.466 e. The molecule has 1 aliphatic heterocycles. The van der Waals surface area contributed by atoms with Gasteiger partial charge in [-0.05, 0) is 36.7 Å². The van der Waals surface area contributed by atoms with Crippen molar-refractivity contribution in [2.24, 2.45) is 0 Å². The van der Waals surface area contributed by atoms with E-state index in [1.54, 1.807) is 48.7 Å². The third-order valence-corrected chi connectivity index (χ3v) is 4.90. The van der Waals surface area contributed by atoms with Crippen LogP contribution in [-0.2, 0) is 9.53 Å². The van der Waals surface area contributed by atoms with Crippen molar-refractivity contribution in [3.63, 3.8) is 0 Å². The molecule has 2 N–H and O–H groups in total. The number of methoxy groups -OCH3 is 1. The van der Waals surface area contributed by atoms with Crippen LogP contribution in [0.4, 0.5) is 0 Å². The molecule has 8 heteroatoms. The van der Waals surface area contributed by atoms with E-state index in [2.05, 4.69) is 10.6 Å². The molecule has 26 heavy (non-hydrogen) atoms. The summed E-state index contributed by atoms with van der Waals surface area (Å²) < 4.78 is 10.5. The molecule has 0 aliphatic carbocycles. The van der Waals surface area contributed by atoms with E-state index in [0.29, 0.717) is 32.6 Å². The Morgan fingerprint density at radius 2 is 1.92 bits per heavy atom. The SMILES string of the molecule is COC(=O)C1=C(C)NC(=S)N[C@H]1c1ccccc1OC(=O)c1cccs1. The fourth-order valence-corrected chi connectivity index (χ4v) is 3.53. The van der Waals surface area contributed by atoms with Crippen molar-refractivity contribution in [2.75, 3.05) is 7.11 Å². The molecule has 1 aliphatic rings. The van der Waals surface area contributed by atoms with Gasteiger partial charge in [0.1, 0.15) is 10.6 Å². The van der Waals surface area contributed by atoms with Crippen molar-refractivity contribution >= 4 is 40.6 Å². The first kappa shape index (κ1) is 18.1. The first-order chi connectivity index (χ1) is 12.5. The van der Waals surface area contributed by atoms with E-state index in [1.807, 2.05) is 0 Å². The lowest BCUT2D eigenvalue weighted by Gasteiger charge is -2.30. The predicted molar refractivity (Wildman–Crippen MR) is 102 cm³/mol. The number of ether oxygens (including phenoxy) is 2. The molecule has 6 nitrogen and oxygen atoms in total. The topological polar surface area (TPSA) is 76.7 Å². The van der Waals surface area contributed by atoms with Crippen LogP contribution < -0.4 is 15.4 Å². The van der Waals surface area contributed by atoms with E-state index in [1.165, 1.54) is 18.4 Å². The molecule has 0 saturated carbocycles. The zero-order chi connectivity index (χ0) is 18.7. The summed E-state index contributed by atoms with van der Waals surface area (Å²) in [5.41, 5.74) is 1.58. The standard InChI is InChI=1S/C18H16N2O4S2/c1-10-14(17(22)23-2)15(20-18(25)19-10)11-6-3-4-7-12(11)24-16(21)13-8-5-9-26-13/h3-9,15H,1-2H3,(H2,19,20,25)/t15-/m0/s1. The number of esters is 2. The summed E-state index contributed by atoms with van der Waals surface area (Å²) in [5.74, 6) is -0.596. The fraction of sp³-hybridized carbons (Fsp3) is 0.167. The maximum Gasteiger partial charge on any atom is 0.353 e. The molecule has 134 valence electrons. The zero-order valence-corrected chi connectivity index (χ0v) is 15.7. The van der Waals surface area contributed by atoms with Crippen LogP contribution in [0.25, 0.3) is 0 Å². The number of rotatable bonds is 4. The molecule has 1 aromatic carbocycles. The Balaban J connectivity index is 2.00. The fourth-order valence-electron chi connectivity index (χ4n) is 2.66. The van der Waals surface area contributed by atoms with Crippen LogP contribution in [0.1, 0.15) is 28.2 Å². The molecule has 0 radical (unpaired) electrons. The van der Waals surface area contributed by atoms with Crippen molar-refractivity contribution < 1.29 is 19.1 Å². The summed E-state index contributed by atoms with van der Waals surface area (Å²) in [4.78, 5) is 25.1. The van der Waals surface area contributed by atoms with Gasteiger partial charge < -0.3 is 20.1 Å². The second-order valence-electron chi connectivity index (χ2n) is 5.47. The van der Waals surface area contributed by atoms with E-state index in [4.69, 9.17) is 21.7 Å². The van der Waals surface area contributed by atoms with Gasteiger partial charge in [-0.3, -0.25) is 0 Å². The summed E-state index contributed by atoms with van der Waals surface area (Å²) in [7, 11) is 1.31. The van der Waals surface area contributed by atoms with Crippen LogP contribution in [0.5, 0.6) is 5.75 Å². The number of thiophene rings is 1. The maximum atomic E-state index is 12.3. The van der Waals surface area contributed by atoms with Gasteiger partial charge in [-0.15, -0.1) is 11.3 Å². The van der Waals surface area contributed by atoms with Crippen LogP contribution in [0.2, 0.25) is 0 Å². The molecule has 2 heterocycles. The minimum Gasteiger partial charge on any atom is -0.466 e. The molecule has 3 rings (SSSR count). The first-order valence-electron chi connectivity index (χ1n) is 7.72. The van der Waals surface area contributed by atoms with Crippen LogP contribution in [0, 0.1) is 0 Å². The number of hydrogen-bond donors (Lipinski definition) is 2. The molecule has 0 bridgehead atoms. The quantitative estimate of drug-likeness (QED) is 0.474. The van der Waals surface area contributed by atoms with Gasteiger partial charge >= 0.3 is 11.9 Å². The summed E-state index contributed by atoms with van der Waals surface area (Å²) in [5, 5.41) is 8.15. The van der Waals surface area contributed by atoms with Crippen molar-refractivity contribution in [1.29, 1.82) is 0 Å². The number of carbonyl (C=O) groups is 2. The smallest absolute Gasteiger partial charge is 0.353 e. The normalized spacial score (nSPS) is 16.5. The molecule has 0 unspecified atom stereocenters. The van der Waals surface area contributed by atoms with E-state index in [-0.39, 0.29) is 0 Å². The summed E-state index contributed by atoms with van der Waals surface area (Å²) in [6.07, 6.45) is 0. The first-order valence-corrected chi connectivity index (χ1v) is 9.01. The van der Waals surface area contributed by atoms with Crippen LogP contribution >= 0.6 is 23.6 Å². The average Bonchev–Trinajstić information content (AvgIpc) is 3.16. The molecule has 1 aromatic heterocycles. The van der Waals surface area contributed by atoms with Gasteiger partial charge in [0, 0.05) is 11.3 Å². The number of allylic oxidation sites excluding steroid dienone is 1. The van der Waals surface area contributed by atoms with E-state index in [0.717, 1.165) is 0 Å². The lowest BCUT2D eigenvalue weighted by atomic mass is 9.95. The highest BCUT2D eigenvalue weighted by Gasteiger charge is 2.32. The Labute approximate surface area is 159 Å². The Kier molecular flexibility index (Phi) is 5.34. The van der Waals surface area contributed by atoms with Gasteiger partial charge in [0.25, 0.3) is 0 Å². The van der Waals surface area contributed by atoms with Crippen LogP contribution in [0.3, 0.4) is 0 Å². The average molecular weight is 388 g/mol. The minimum absolute atomic E-state index is 0.349. The molecule has 0 saturated heterocycles. The highest BCUT2D eigenvalue weighted by molar-refractivity contribution is 7.80. The lowest BCUT2D eigenvalue weighted by molar-refractivity contribution is -0.136. The second-order valence-corrected chi connectivity index (χ2v) is 6.82. The van der Waals surface area contributed by atoms with E-state index >= 15 is 0 Å². The monoisotopic (exact) mass is 388 g/mol. The maximum absolute atomic E-state index is 12.3. The summed E-state index contributed by atoms with van der Waals surface area (Å²) in [6.45, 7) is 1.74. The van der Waals surface area contributed by atoms with Crippen molar-refractivity contribution in [3.05, 3.63) is 63.5 Å². The molecule has 0 spiro atoms. The molecule has 0 fully saturated rings. The second kappa shape index (κ2) is 7.67. The minimum atomic E-state index is -0.594. The van der Waals surface area contributed by atoms with Crippen LogP contribution in [0.15, 0.2) is 53.0 Å². The van der Waals surface area contributed by atoms with Crippen molar-refractivity contribution in [2.45, 2.75) is 13.0 Å². The zero-order valence-electron chi connectivity index (χ0n) is 14.1. The Morgan fingerprint density at radius 3 is 2.62 bits per heavy atom. The van der Waals surface area contributed by atoms with Gasteiger partial charge in [0.05, 0.1) is 18.7 Å². The van der Waals surface area contributed by atoms with Gasteiger partial charge in [-0.2, -0.15) is 0 Å². The van der Waals surface area contributed by atoms with Crippen molar-refractivity contribution in [3.8, 4) is 5.75 Å². The number of carbonyl (C=O) groups excluding carboxylic acids is 2. The van der Waals surface area contributed by atoms with Gasteiger partial charge in [-0.25, -0.2) is 9.59 Å². The molecule has 2 aromatic rings. The highest BCUT2D eigenvalue weighted by Crippen LogP contribution is 2.34. The molecule has 0 amide bonds. The van der Waals surface area contributed by atoms with Crippen LogP contribution in [-0.4, -0.2) is 24.2 Å². The molecular weight excluding hydrogens is 372 g/mol. The number of nitrogens with one attached hydrogen (secondary N) is 2. The Bertz CT molecular complexity index is 890. The number of hydrogen-bond acceptors (Lipinski definition) is 6. The summed E-state index contributed by atoms with van der Waals surface area (Å²) >= 11 is 6.51. The third-order valence-electron chi connectivity index (χ3n) is 3.83. The van der Waals surface area contributed by atoms with Gasteiger partial charge in [0.2, 0.25) is 0 Å². The molecule has 1 atom stereocenters. The lowest BCUT2D eigenvalue weighted by Crippen LogP contribution is -2.45. The molecular formula is C18H16N2O4S2. The Morgan fingerprint density at radius 1 is 1.15 bits per heavy atom. The number of para-hydroxylation sites is 1. The predicted octanol–water partition coefficient (Wildman–Crippen LogP) is 2.93. The Hall–Kier alpha value is -2.71. The summed E-state index contributed by atoms with van der Waals surface area (Å²) in [6, 6.07) is 9.89. The number of benzene rings is 1. The number of thiocarbonyl (C=S) groups is 1. The highest BCUT2D eigenvalue weighted by atomic mass is 32.1. The van der Waals surface area contributed by atoms with Gasteiger partial charge in [-0.1, -0.05) is 24.3 Å². The van der Waals surface area contributed by atoms with Crippen molar-refractivity contribution in [1.82, 2.24) is 10.6 Å². The van der Waals surface area contributed by atoms with Gasteiger partial charge in [0.15, 0.2) is 5.11 Å². The van der Waals surface area contributed by atoms with E-state index < -0.39 is 18.0 Å².